The van der Waals surface area contributed by atoms with E-state index in [4.69, 9.17) is 4.74 Å². The van der Waals surface area contributed by atoms with Crippen LogP contribution in [0.5, 0.6) is 0 Å². The maximum Gasteiger partial charge on any atom is 0.240 e. The van der Waals surface area contributed by atoms with Crippen molar-refractivity contribution in [2.45, 2.75) is 58.1 Å². The van der Waals surface area contributed by atoms with Gasteiger partial charge in [0.2, 0.25) is 10.0 Å². The maximum atomic E-state index is 11.8. The molecular formula is C21H37IN4O3S. The van der Waals surface area contributed by atoms with Gasteiger partial charge in [0.25, 0.3) is 0 Å². The van der Waals surface area contributed by atoms with E-state index < -0.39 is 10.0 Å². The lowest BCUT2D eigenvalue weighted by Gasteiger charge is -2.40. The average molecular weight is 553 g/mol. The van der Waals surface area contributed by atoms with Crippen molar-refractivity contribution in [3.05, 3.63) is 29.8 Å². The number of aliphatic imine (C=N–C) groups is 1. The van der Waals surface area contributed by atoms with Crippen molar-refractivity contribution in [2.24, 2.45) is 16.3 Å². The van der Waals surface area contributed by atoms with Crippen molar-refractivity contribution in [3.8, 4) is 0 Å². The van der Waals surface area contributed by atoms with Crippen LogP contribution in [0.25, 0.3) is 0 Å². The molecule has 2 atom stereocenters. The molecule has 3 N–H and O–H groups in total. The van der Waals surface area contributed by atoms with Gasteiger partial charge in [-0.05, 0) is 49.9 Å². The number of halogens is 1. The van der Waals surface area contributed by atoms with Crippen molar-refractivity contribution < 1.29 is 13.2 Å². The number of hydrogen-bond donors (Lipinski definition) is 3. The molecule has 2 unspecified atom stereocenters. The van der Waals surface area contributed by atoms with Gasteiger partial charge >= 0.3 is 0 Å². The third kappa shape index (κ3) is 7.97. The topological polar surface area (TPSA) is 91.8 Å². The van der Waals surface area contributed by atoms with Gasteiger partial charge in [0, 0.05) is 25.6 Å². The number of ether oxygens (including phenoxy) is 1. The standard InChI is InChI=1S/C21H36N4O3S.HI/c1-6-23-20(25-15-17-8-7-13-28-19(17)21(2,3)4)24-14-16-9-11-18(12-10-16)29(26,27)22-5;/h9-12,17,19,22H,6-8,13-15H2,1-5H3,(H2,23,24,25);1H. The number of nitrogens with zero attached hydrogens (tertiary/aromatic N) is 1. The molecule has 2 rings (SSSR count). The van der Waals surface area contributed by atoms with E-state index in [1.807, 2.05) is 6.92 Å². The zero-order valence-electron chi connectivity index (χ0n) is 18.7. The molecule has 7 nitrogen and oxygen atoms in total. The molecule has 0 radical (unpaired) electrons. The van der Waals surface area contributed by atoms with E-state index >= 15 is 0 Å². The highest BCUT2D eigenvalue weighted by atomic mass is 127. The minimum absolute atomic E-state index is 0. The fourth-order valence-electron chi connectivity index (χ4n) is 3.64. The molecule has 0 bridgehead atoms. The van der Waals surface area contributed by atoms with Crippen molar-refractivity contribution in [2.75, 3.05) is 26.7 Å². The zero-order valence-corrected chi connectivity index (χ0v) is 21.8. The summed E-state index contributed by atoms with van der Waals surface area (Å²) < 4.78 is 32.0. The molecule has 0 amide bonds. The van der Waals surface area contributed by atoms with Gasteiger partial charge in [-0.2, -0.15) is 0 Å². The highest BCUT2D eigenvalue weighted by molar-refractivity contribution is 14.0. The van der Waals surface area contributed by atoms with Crippen LogP contribution in [0.2, 0.25) is 0 Å². The first kappa shape index (κ1) is 27.1. The summed E-state index contributed by atoms with van der Waals surface area (Å²) in [6.45, 7) is 11.6. The van der Waals surface area contributed by atoms with Gasteiger partial charge in [-0.3, -0.25) is 0 Å². The van der Waals surface area contributed by atoms with Crippen molar-refractivity contribution in [1.29, 1.82) is 0 Å². The molecule has 1 heterocycles. The number of rotatable bonds is 7. The fourth-order valence-corrected chi connectivity index (χ4v) is 4.37. The summed E-state index contributed by atoms with van der Waals surface area (Å²) in [4.78, 5) is 4.91. The van der Waals surface area contributed by atoms with Gasteiger partial charge < -0.3 is 15.4 Å². The van der Waals surface area contributed by atoms with E-state index in [1.165, 1.54) is 7.05 Å². The molecule has 1 fully saturated rings. The predicted molar refractivity (Wildman–Crippen MR) is 133 cm³/mol. The Morgan fingerprint density at radius 2 is 1.87 bits per heavy atom. The van der Waals surface area contributed by atoms with Crippen LogP contribution >= 0.6 is 24.0 Å². The lowest BCUT2D eigenvalue weighted by Crippen LogP contribution is -2.47. The Bertz CT molecular complexity index is 776. The second kappa shape index (κ2) is 12.2. The minimum atomic E-state index is -3.42. The Morgan fingerprint density at radius 1 is 1.20 bits per heavy atom. The van der Waals surface area contributed by atoms with E-state index in [2.05, 4.69) is 41.1 Å². The maximum absolute atomic E-state index is 11.8. The Morgan fingerprint density at radius 3 is 2.43 bits per heavy atom. The average Bonchev–Trinajstić information content (AvgIpc) is 2.70. The second-order valence-corrected chi connectivity index (χ2v) is 10.4. The van der Waals surface area contributed by atoms with Crippen molar-refractivity contribution >= 4 is 40.0 Å². The summed E-state index contributed by atoms with van der Waals surface area (Å²) in [5.41, 5.74) is 1.06. The minimum Gasteiger partial charge on any atom is -0.377 e. The van der Waals surface area contributed by atoms with Gasteiger partial charge in [0.1, 0.15) is 0 Å². The van der Waals surface area contributed by atoms with Crippen LogP contribution in [0.3, 0.4) is 0 Å². The predicted octanol–water partition coefficient (Wildman–Crippen LogP) is 3.11. The Kier molecular flexibility index (Phi) is 11.0. The molecule has 1 saturated heterocycles. The van der Waals surface area contributed by atoms with E-state index in [0.717, 1.165) is 44.1 Å². The van der Waals surface area contributed by atoms with Gasteiger partial charge in [0.15, 0.2) is 5.96 Å². The second-order valence-electron chi connectivity index (χ2n) is 8.49. The molecule has 1 aliphatic heterocycles. The molecule has 0 spiro atoms. The smallest absolute Gasteiger partial charge is 0.240 e. The monoisotopic (exact) mass is 552 g/mol. The summed E-state index contributed by atoms with van der Waals surface area (Å²) in [5, 5.41) is 6.74. The van der Waals surface area contributed by atoms with Crippen LogP contribution in [0.1, 0.15) is 46.1 Å². The molecule has 172 valence electrons. The number of hydrogen-bond acceptors (Lipinski definition) is 4. The highest BCUT2D eigenvalue weighted by Crippen LogP contribution is 2.33. The van der Waals surface area contributed by atoms with Crippen LogP contribution in [0, 0.1) is 11.3 Å². The number of guanidine groups is 1. The van der Waals surface area contributed by atoms with Crippen LogP contribution in [0.4, 0.5) is 0 Å². The van der Waals surface area contributed by atoms with E-state index in [0.29, 0.717) is 12.5 Å². The van der Waals surface area contributed by atoms with Gasteiger partial charge in [-0.1, -0.05) is 32.9 Å². The van der Waals surface area contributed by atoms with Gasteiger partial charge in [0.05, 0.1) is 17.5 Å². The van der Waals surface area contributed by atoms with Crippen LogP contribution < -0.4 is 15.4 Å². The third-order valence-electron chi connectivity index (χ3n) is 5.10. The molecule has 0 saturated carbocycles. The Balaban J connectivity index is 0.00000450. The summed E-state index contributed by atoms with van der Waals surface area (Å²) in [5.74, 6) is 1.20. The Labute approximate surface area is 198 Å². The van der Waals surface area contributed by atoms with Crippen LogP contribution in [-0.2, 0) is 21.3 Å². The quantitative estimate of drug-likeness (QED) is 0.275. The SMILES string of the molecule is CCNC(=NCc1ccc(S(=O)(=O)NC)cc1)NCC1CCCOC1C(C)(C)C.I. The summed E-state index contributed by atoms with van der Waals surface area (Å²) in [6.07, 6.45) is 2.47. The molecule has 1 aromatic rings. The molecule has 0 aromatic heterocycles. The first-order valence-electron chi connectivity index (χ1n) is 10.3. The van der Waals surface area contributed by atoms with Gasteiger partial charge in [-0.15, -0.1) is 24.0 Å². The molecular weight excluding hydrogens is 515 g/mol. The molecule has 30 heavy (non-hydrogen) atoms. The Hall–Kier alpha value is -0.910. The van der Waals surface area contributed by atoms with Crippen molar-refractivity contribution in [3.63, 3.8) is 0 Å². The first-order chi connectivity index (χ1) is 13.7. The largest absolute Gasteiger partial charge is 0.377 e. The van der Waals surface area contributed by atoms with Crippen LogP contribution in [0.15, 0.2) is 34.2 Å². The molecule has 1 aromatic carbocycles. The first-order valence-corrected chi connectivity index (χ1v) is 11.8. The molecule has 0 aliphatic carbocycles. The lowest BCUT2D eigenvalue weighted by atomic mass is 9.78. The van der Waals surface area contributed by atoms with Crippen molar-refractivity contribution in [1.82, 2.24) is 15.4 Å². The normalized spacial score (nSPS) is 20.4. The zero-order chi connectivity index (χ0) is 21.5. The number of benzene rings is 1. The van der Waals surface area contributed by atoms with E-state index in [-0.39, 0.29) is 40.4 Å². The van der Waals surface area contributed by atoms with E-state index in [9.17, 15) is 8.42 Å². The molecule has 9 heteroatoms. The molecule has 1 aliphatic rings. The summed E-state index contributed by atoms with van der Waals surface area (Å²) >= 11 is 0. The lowest BCUT2D eigenvalue weighted by molar-refractivity contribution is -0.0835. The number of sulfonamides is 1. The van der Waals surface area contributed by atoms with E-state index in [1.54, 1.807) is 24.3 Å². The number of nitrogens with one attached hydrogen (secondary N) is 3. The van der Waals surface area contributed by atoms with Crippen LogP contribution in [-0.4, -0.2) is 47.2 Å². The highest BCUT2D eigenvalue weighted by Gasteiger charge is 2.35. The fraction of sp³-hybridized carbons (Fsp3) is 0.667. The summed E-state index contributed by atoms with van der Waals surface area (Å²) in [6, 6.07) is 6.79. The summed E-state index contributed by atoms with van der Waals surface area (Å²) in [7, 11) is -2.01. The third-order valence-corrected chi connectivity index (χ3v) is 6.53. The van der Waals surface area contributed by atoms with Gasteiger partial charge in [-0.25, -0.2) is 18.1 Å².